The molecule has 0 radical (unpaired) electrons. The lowest BCUT2D eigenvalue weighted by Crippen LogP contribution is -2.70. The van der Waals surface area contributed by atoms with E-state index < -0.39 is 35.3 Å². The number of hydrogen-bond acceptors (Lipinski definition) is 15. The molecule has 4 bridgehead atoms. The summed E-state index contributed by atoms with van der Waals surface area (Å²) in [6.45, 7) is 8.27. The molecule has 2 aromatic carbocycles. The van der Waals surface area contributed by atoms with Crippen LogP contribution in [0.25, 0.3) is 16.9 Å². The van der Waals surface area contributed by atoms with Crippen molar-refractivity contribution in [2.75, 3.05) is 125 Å². The minimum atomic E-state index is -1.34. The zero-order chi connectivity index (χ0) is 55.4. The molecule has 5 fully saturated rings. The maximum Gasteiger partial charge on any atom is 0.330 e. The van der Waals surface area contributed by atoms with E-state index in [1.807, 2.05) is 29.2 Å². The molecule has 3 aromatic rings. The number of carbonyl (C=O) groups is 6. The number of carboxylic acid groups (broad SMARTS) is 4. The maximum atomic E-state index is 14.5. The van der Waals surface area contributed by atoms with Gasteiger partial charge in [-0.05, 0) is 142 Å². The molecule has 4 aliphatic carbocycles. The first-order chi connectivity index (χ1) is 36.9. The van der Waals surface area contributed by atoms with Crippen LogP contribution in [-0.4, -0.2) is 221 Å². The second-order valence-electron chi connectivity index (χ2n) is 21.7. The van der Waals surface area contributed by atoms with Gasteiger partial charge in [0.2, 0.25) is 5.91 Å². The van der Waals surface area contributed by atoms with E-state index in [0.29, 0.717) is 93.5 Å². The fraction of sp³-hybridized carbons (Fsp3) is 0.618. The Morgan fingerprint density at radius 3 is 1.70 bits per heavy atom. The third kappa shape index (κ3) is 15.3. The summed E-state index contributed by atoms with van der Waals surface area (Å²) in [5.74, 6) is -1.93. The Balaban J connectivity index is 0.942. The van der Waals surface area contributed by atoms with Crippen molar-refractivity contribution >= 4 is 47.5 Å². The summed E-state index contributed by atoms with van der Waals surface area (Å²) in [6, 6.07) is 13.5. The summed E-state index contributed by atoms with van der Waals surface area (Å²) in [5, 5.41) is 50.4. The van der Waals surface area contributed by atoms with Crippen LogP contribution >= 0.6 is 11.8 Å². The van der Waals surface area contributed by atoms with E-state index in [2.05, 4.69) is 48.6 Å². The fourth-order valence-corrected chi connectivity index (χ4v) is 13.2. The Labute approximate surface area is 455 Å². The van der Waals surface area contributed by atoms with Gasteiger partial charge in [-0.3, -0.25) is 43.6 Å². The SMILES string of the molecule is COc1cccc(OC)c1-c1cc(C(=O)NC2(C(=O)O)C3CC4CC(C3)CC2C4)nn1-c1ccc(SCCCN(C)CCCNC(=O)CN2CCN(CC(=O)O)CCN(CC(=O)O)CCN(CC(=O)O)CC2)cc1C(C)C. The van der Waals surface area contributed by atoms with Crippen LogP contribution in [0.2, 0.25) is 0 Å². The van der Waals surface area contributed by atoms with Crippen LogP contribution in [0.1, 0.15) is 80.8 Å². The topological polar surface area (TPSA) is 260 Å². The van der Waals surface area contributed by atoms with E-state index >= 15 is 0 Å². The minimum absolute atomic E-state index is 0.0633. The molecular formula is C55H79N9O12S. The quantitative estimate of drug-likeness (QED) is 0.0516. The first kappa shape index (κ1) is 58.9. The summed E-state index contributed by atoms with van der Waals surface area (Å²) >= 11 is 1.75. The molecule has 22 heteroatoms. The van der Waals surface area contributed by atoms with Crippen molar-refractivity contribution in [1.82, 2.24) is 44.9 Å². The van der Waals surface area contributed by atoms with Crippen molar-refractivity contribution in [3.63, 3.8) is 0 Å². The van der Waals surface area contributed by atoms with Gasteiger partial charge in [-0.25, -0.2) is 9.48 Å². The number of rotatable bonds is 25. The summed E-state index contributed by atoms with van der Waals surface area (Å²) in [7, 11) is 5.22. The van der Waals surface area contributed by atoms with E-state index in [1.165, 1.54) is 0 Å². The number of carbonyl (C=O) groups excluding carboxylic acids is 2. The van der Waals surface area contributed by atoms with Crippen LogP contribution in [-0.2, 0) is 24.0 Å². The molecule has 1 saturated heterocycles. The Morgan fingerprint density at radius 1 is 0.714 bits per heavy atom. The Morgan fingerprint density at radius 2 is 1.22 bits per heavy atom. The second-order valence-corrected chi connectivity index (χ2v) is 22.8. The van der Waals surface area contributed by atoms with Crippen molar-refractivity contribution in [3.05, 3.63) is 53.7 Å². The number of thioether (sulfide) groups is 1. The highest BCUT2D eigenvalue weighted by Crippen LogP contribution is 2.58. The van der Waals surface area contributed by atoms with Crippen LogP contribution in [0, 0.1) is 23.7 Å². The average Bonchev–Trinajstić information content (AvgIpc) is 3.83. The number of nitrogens with one attached hydrogen (secondary N) is 2. The summed E-state index contributed by atoms with van der Waals surface area (Å²) in [5.41, 5.74) is 1.74. The van der Waals surface area contributed by atoms with Crippen LogP contribution in [0.4, 0.5) is 0 Å². The van der Waals surface area contributed by atoms with E-state index in [0.717, 1.165) is 79.9 Å². The smallest absolute Gasteiger partial charge is 0.330 e. The highest BCUT2D eigenvalue weighted by Gasteiger charge is 2.62. The zero-order valence-corrected chi connectivity index (χ0v) is 46.1. The van der Waals surface area contributed by atoms with Crippen molar-refractivity contribution in [1.29, 1.82) is 0 Å². The Kier molecular flexibility index (Phi) is 20.8. The number of nitrogens with zero attached hydrogens (tertiary/aromatic N) is 7. The first-order valence-electron chi connectivity index (χ1n) is 27.0. The molecule has 1 aliphatic heterocycles. The molecule has 4 saturated carbocycles. The summed E-state index contributed by atoms with van der Waals surface area (Å²) < 4.78 is 13.5. The number of ether oxygens (including phenoxy) is 2. The molecular weight excluding hydrogens is 1010 g/mol. The predicted molar refractivity (Wildman–Crippen MR) is 290 cm³/mol. The van der Waals surface area contributed by atoms with Gasteiger partial charge in [-0.2, -0.15) is 5.10 Å². The van der Waals surface area contributed by atoms with Gasteiger partial charge in [0, 0.05) is 63.8 Å². The van der Waals surface area contributed by atoms with Crippen molar-refractivity contribution in [2.24, 2.45) is 23.7 Å². The standard InChI is InChI=1S/C55H79N9O12S/c1-36(2)42-30-41(77-24-8-15-59(3)14-7-13-56-48(65)32-60-16-18-61(33-49(66)67)20-22-63(35-51(70)71)23-21-62(19-17-60)34-50(68)69)11-12-44(42)64-45(52-46(75-4)9-6-10-47(52)76-5)31-43(58-64)53(72)57-55(54(73)74)39-26-37-25-38(28-39)29-40(55)27-37/h6,9-12,30-31,36-40H,7-8,13-29,32-35H2,1-5H3,(H,56,65)(H,57,72)(H,66,67)(H,68,69)(H,70,71)(H,73,74). The maximum absolute atomic E-state index is 14.5. The second kappa shape index (κ2) is 27.2. The number of aliphatic carboxylic acids is 4. The van der Waals surface area contributed by atoms with Gasteiger partial charge in [-0.1, -0.05) is 19.9 Å². The van der Waals surface area contributed by atoms with Gasteiger partial charge in [0.05, 0.1) is 57.3 Å². The van der Waals surface area contributed by atoms with Crippen LogP contribution < -0.4 is 20.1 Å². The average molecular weight is 1090 g/mol. The van der Waals surface area contributed by atoms with Crippen molar-refractivity contribution in [2.45, 2.75) is 75.1 Å². The van der Waals surface area contributed by atoms with E-state index in [9.17, 15) is 49.2 Å². The molecule has 1 aromatic heterocycles. The molecule has 0 spiro atoms. The molecule has 8 rings (SSSR count). The molecule has 2 amide bonds. The lowest BCUT2D eigenvalue weighted by Gasteiger charge is -2.59. The largest absolute Gasteiger partial charge is 0.496 e. The van der Waals surface area contributed by atoms with Gasteiger partial charge < -0.3 is 45.4 Å². The zero-order valence-electron chi connectivity index (χ0n) is 45.3. The Bertz CT molecular complexity index is 2480. The van der Waals surface area contributed by atoms with Gasteiger partial charge in [-0.15, -0.1) is 11.8 Å². The monoisotopic (exact) mass is 1090 g/mol. The van der Waals surface area contributed by atoms with Gasteiger partial charge >= 0.3 is 23.9 Å². The number of benzene rings is 2. The lowest BCUT2D eigenvalue weighted by atomic mass is 9.48. The fourth-order valence-electron chi connectivity index (χ4n) is 12.3. The summed E-state index contributed by atoms with van der Waals surface area (Å²) in [4.78, 5) is 86.2. The van der Waals surface area contributed by atoms with E-state index in [-0.39, 0.29) is 55.5 Å². The molecule has 422 valence electrons. The molecule has 2 heterocycles. The van der Waals surface area contributed by atoms with E-state index in [1.54, 1.807) is 51.4 Å². The molecule has 21 nitrogen and oxygen atoms in total. The number of aromatic nitrogens is 2. The molecule has 0 unspecified atom stereocenters. The lowest BCUT2D eigenvalue weighted by molar-refractivity contribution is -0.163. The normalized spacial score (nSPS) is 22.6. The summed E-state index contributed by atoms with van der Waals surface area (Å²) in [6.07, 6.45) is 6.02. The highest BCUT2D eigenvalue weighted by molar-refractivity contribution is 7.99. The number of amides is 2. The van der Waals surface area contributed by atoms with Gasteiger partial charge in [0.25, 0.3) is 5.91 Å². The van der Waals surface area contributed by atoms with Crippen LogP contribution in [0.3, 0.4) is 0 Å². The molecule has 5 aliphatic rings. The predicted octanol–water partition coefficient (Wildman–Crippen LogP) is 4.08. The van der Waals surface area contributed by atoms with Crippen LogP contribution in [0.15, 0.2) is 47.4 Å². The number of methoxy groups -OCH3 is 2. The third-order valence-corrected chi connectivity index (χ3v) is 17.0. The van der Waals surface area contributed by atoms with E-state index in [4.69, 9.17) is 14.6 Å². The van der Waals surface area contributed by atoms with Gasteiger partial charge in [0.1, 0.15) is 17.0 Å². The van der Waals surface area contributed by atoms with Crippen molar-refractivity contribution < 1.29 is 58.7 Å². The first-order valence-corrected chi connectivity index (χ1v) is 28.0. The number of hydrogen-bond donors (Lipinski definition) is 6. The highest BCUT2D eigenvalue weighted by atomic mass is 32.2. The van der Waals surface area contributed by atoms with Crippen molar-refractivity contribution in [3.8, 4) is 28.4 Å². The molecule has 0 atom stereocenters. The number of carboxylic acids is 4. The van der Waals surface area contributed by atoms with Gasteiger partial charge in [0.15, 0.2) is 5.69 Å². The third-order valence-electron chi connectivity index (χ3n) is 15.9. The molecule has 77 heavy (non-hydrogen) atoms. The van der Waals surface area contributed by atoms with Crippen LogP contribution in [0.5, 0.6) is 11.5 Å². The Hall–Kier alpha value is -5.78. The molecule has 6 N–H and O–H groups in total. The minimum Gasteiger partial charge on any atom is -0.496 e.